The molecule has 182 valence electrons. The van der Waals surface area contributed by atoms with E-state index in [1.807, 2.05) is 13.0 Å². The van der Waals surface area contributed by atoms with Crippen LogP contribution in [0, 0.1) is 6.92 Å². The number of rotatable bonds is 6. The lowest BCUT2D eigenvalue weighted by Gasteiger charge is -2.16. The molecule has 1 aliphatic rings. The van der Waals surface area contributed by atoms with E-state index >= 15 is 0 Å². The number of pyridine rings is 1. The van der Waals surface area contributed by atoms with Crippen molar-refractivity contribution in [2.24, 2.45) is 0 Å². The Morgan fingerprint density at radius 3 is 2.71 bits per heavy atom. The Labute approximate surface area is 197 Å². The van der Waals surface area contributed by atoms with E-state index in [9.17, 15) is 19.8 Å². The number of imidazole rings is 1. The van der Waals surface area contributed by atoms with Gasteiger partial charge in [0.25, 0.3) is 11.8 Å². The molecule has 5 heterocycles. The molecule has 0 bridgehead atoms. The van der Waals surface area contributed by atoms with Crippen LogP contribution in [0.1, 0.15) is 35.1 Å². The Kier molecular flexibility index (Phi) is 5.62. The first kappa shape index (κ1) is 22.8. The van der Waals surface area contributed by atoms with Crippen LogP contribution in [0.4, 0.5) is 5.82 Å². The van der Waals surface area contributed by atoms with E-state index < -0.39 is 30.4 Å². The molecule has 4 atom stereocenters. The van der Waals surface area contributed by atoms with Crippen LogP contribution >= 0.6 is 0 Å². The summed E-state index contributed by atoms with van der Waals surface area (Å²) in [6.45, 7) is 3.47. The van der Waals surface area contributed by atoms with Crippen LogP contribution in [0.3, 0.4) is 0 Å². The summed E-state index contributed by atoms with van der Waals surface area (Å²) in [4.78, 5) is 44.9. The van der Waals surface area contributed by atoms with E-state index in [1.165, 1.54) is 31.2 Å². The zero-order chi connectivity index (χ0) is 24.9. The van der Waals surface area contributed by atoms with Crippen molar-refractivity contribution in [1.82, 2.24) is 34.8 Å². The van der Waals surface area contributed by atoms with Crippen molar-refractivity contribution < 1.29 is 29.0 Å². The monoisotopic (exact) mass is 482 g/mol. The predicted molar refractivity (Wildman–Crippen MR) is 119 cm³/mol. The maximum atomic E-state index is 12.0. The molecule has 14 nitrogen and oxygen atoms in total. The molecule has 0 saturated carbocycles. The average molecular weight is 482 g/mol. The minimum atomic E-state index is -1.42. The fraction of sp³-hybridized carbons (Fsp3) is 0.381. The number of fused-ring (bicyclic) bond motifs is 2. The first-order chi connectivity index (χ1) is 16.8. The van der Waals surface area contributed by atoms with Gasteiger partial charge >= 0.3 is 0 Å². The van der Waals surface area contributed by atoms with Gasteiger partial charge in [-0.05, 0) is 18.6 Å². The number of likely N-dealkylation sites (N-methyl/N-ethyl adjacent to an activating group) is 1. The summed E-state index contributed by atoms with van der Waals surface area (Å²) in [6.07, 6.45) is -2.39. The maximum absolute atomic E-state index is 12.0. The Balaban J connectivity index is 1.40. The first-order valence-electron chi connectivity index (χ1n) is 10.7. The molecule has 35 heavy (non-hydrogen) atoms. The molecule has 0 unspecified atom stereocenters. The number of ketones is 1. The second-order valence-corrected chi connectivity index (χ2v) is 8.10. The topological polar surface area (TPSA) is 190 Å². The number of nitrogens with one attached hydrogen (secondary N) is 2. The van der Waals surface area contributed by atoms with Gasteiger partial charge < -0.3 is 30.0 Å². The highest BCUT2D eigenvalue weighted by Crippen LogP contribution is 2.32. The molecule has 0 aliphatic carbocycles. The minimum absolute atomic E-state index is 0.00357. The van der Waals surface area contributed by atoms with Gasteiger partial charge in [-0.1, -0.05) is 0 Å². The molecule has 0 aromatic carbocycles. The van der Waals surface area contributed by atoms with Crippen LogP contribution in [0.2, 0.25) is 0 Å². The number of aromatic nitrogens is 6. The predicted octanol–water partition coefficient (Wildman–Crippen LogP) is -0.149. The van der Waals surface area contributed by atoms with Crippen molar-refractivity contribution in [2.45, 2.75) is 44.9 Å². The highest BCUT2D eigenvalue weighted by Gasteiger charge is 2.47. The molecule has 1 saturated heterocycles. The van der Waals surface area contributed by atoms with Gasteiger partial charge in [0.15, 0.2) is 40.5 Å². The number of aryl methyl sites for hydroxylation is 1. The standard InChI is InChI=1S/C21H22N8O6/c1-8-4-10(27-17-14(8)34-20(28-17)9(2)30)5-23-16-11-18(25-6-24-16)29(7-26-11)21-13(32)12(31)15(35-21)19(33)22-3/h4,6-7,12-13,15,21,31-32H,5H2,1-3H3,(H,22,33)(H,23,24,25)/t12-,13+,15-,21+/m0/s1. The first-order valence-corrected chi connectivity index (χ1v) is 10.7. The van der Waals surface area contributed by atoms with Crippen molar-refractivity contribution in [2.75, 3.05) is 12.4 Å². The number of aliphatic hydroxyl groups is 2. The van der Waals surface area contributed by atoms with E-state index in [0.29, 0.717) is 33.9 Å². The highest BCUT2D eigenvalue weighted by atomic mass is 16.6. The van der Waals surface area contributed by atoms with Gasteiger partial charge in [-0.2, -0.15) is 4.98 Å². The molecule has 4 aromatic heterocycles. The number of oxazole rings is 1. The number of ether oxygens (including phenoxy) is 1. The number of hydrogen-bond acceptors (Lipinski definition) is 12. The van der Waals surface area contributed by atoms with E-state index in [2.05, 4.69) is 35.6 Å². The van der Waals surface area contributed by atoms with Gasteiger partial charge in [0.05, 0.1) is 18.6 Å². The van der Waals surface area contributed by atoms with Crippen LogP contribution < -0.4 is 10.6 Å². The number of carbonyl (C=O) groups is 2. The van der Waals surface area contributed by atoms with Gasteiger partial charge in [-0.25, -0.2) is 19.9 Å². The number of hydrogen-bond donors (Lipinski definition) is 4. The fourth-order valence-electron chi connectivity index (χ4n) is 3.96. The zero-order valence-corrected chi connectivity index (χ0v) is 19.0. The lowest BCUT2D eigenvalue weighted by Crippen LogP contribution is -2.41. The summed E-state index contributed by atoms with van der Waals surface area (Å²) in [5.74, 6) is -0.438. The molecular formula is C21H22N8O6. The molecule has 1 fully saturated rings. The fourth-order valence-corrected chi connectivity index (χ4v) is 3.96. The number of Topliss-reactive ketones (excluding diaryl/α,β-unsaturated/α-hetero) is 1. The van der Waals surface area contributed by atoms with E-state index in [0.717, 1.165) is 5.56 Å². The SMILES string of the molecule is CNC(=O)[C@H]1O[C@@H](n2cnc3c(NCc4cc(C)c5oc(C(C)=O)nc5n4)ncnc32)[C@H](O)[C@@H]1O. The second-order valence-electron chi connectivity index (χ2n) is 8.10. The van der Waals surface area contributed by atoms with Crippen LogP contribution in [-0.4, -0.2) is 76.8 Å². The van der Waals surface area contributed by atoms with E-state index in [1.54, 1.807) is 0 Å². The van der Waals surface area contributed by atoms with Crippen molar-refractivity contribution in [3.63, 3.8) is 0 Å². The number of aliphatic hydroxyl groups excluding tert-OH is 2. The van der Waals surface area contributed by atoms with Gasteiger partial charge in [0.2, 0.25) is 5.78 Å². The van der Waals surface area contributed by atoms with E-state index in [4.69, 9.17) is 9.15 Å². The largest absolute Gasteiger partial charge is 0.432 e. The third kappa shape index (κ3) is 3.86. The smallest absolute Gasteiger partial charge is 0.265 e. The Morgan fingerprint density at radius 1 is 1.17 bits per heavy atom. The second kappa shape index (κ2) is 8.65. The van der Waals surface area contributed by atoms with Crippen LogP contribution in [0.15, 0.2) is 23.1 Å². The molecule has 0 radical (unpaired) electrons. The van der Waals surface area contributed by atoms with Crippen molar-refractivity contribution >= 4 is 39.9 Å². The van der Waals surface area contributed by atoms with Gasteiger partial charge in [-0.15, -0.1) is 0 Å². The van der Waals surface area contributed by atoms with Crippen molar-refractivity contribution in [3.8, 4) is 0 Å². The molecule has 1 aliphatic heterocycles. The number of carbonyl (C=O) groups excluding carboxylic acids is 2. The maximum Gasteiger partial charge on any atom is 0.265 e. The van der Waals surface area contributed by atoms with E-state index in [-0.39, 0.29) is 18.2 Å². The molecule has 1 amide bonds. The van der Waals surface area contributed by atoms with Crippen molar-refractivity contribution in [3.05, 3.63) is 35.9 Å². The third-order valence-corrected chi connectivity index (χ3v) is 5.71. The van der Waals surface area contributed by atoms with Gasteiger partial charge in [-0.3, -0.25) is 14.2 Å². The molecule has 4 aromatic rings. The molecule has 0 spiro atoms. The Hall–Kier alpha value is -4.01. The molecule has 14 heteroatoms. The summed E-state index contributed by atoms with van der Waals surface area (Å²) in [7, 11) is 1.41. The lowest BCUT2D eigenvalue weighted by atomic mass is 10.1. The summed E-state index contributed by atoms with van der Waals surface area (Å²) in [6, 6.07) is 1.81. The van der Waals surface area contributed by atoms with Crippen molar-refractivity contribution in [1.29, 1.82) is 0 Å². The Morgan fingerprint density at radius 2 is 1.97 bits per heavy atom. The summed E-state index contributed by atoms with van der Waals surface area (Å²) >= 11 is 0. The number of anilines is 1. The van der Waals surface area contributed by atoms with Crippen LogP contribution in [-0.2, 0) is 16.1 Å². The van der Waals surface area contributed by atoms with Gasteiger partial charge in [0, 0.05) is 14.0 Å². The molecule has 5 rings (SSSR count). The normalized spacial score (nSPS) is 22.1. The summed E-state index contributed by atoms with van der Waals surface area (Å²) in [5, 5.41) is 26.3. The van der Waals surface area contributed by atoms with Crippen LogP contribution in [0.5, 0.6) is 0 Å². The lowest BCUT2D eigenvalue weighted by molar-refractivity contribution is -0.137. The molecular weight excluding hydrogens is 460 g/mol. The molecule has 4 N–H and O–H groups in total. The minimum Gasteiger partial charge on any atom is -0.432 e. The third-order valence-electron chi connectivity index (χ3n) is 5.71. The van der Waals surface area contributed by atoms with Crippen LogP contribution in [0.25, 0.3) is 22.4 Å². The average Bonchev–Trinajstić information content (AvgIpc) is 3.54. The van der Waals surface area contributed by atoms with Gasteiger partial charge in [0.1, 0.15) is 18.5 Å². The Bertz CT molecular complexity index is 1450. The summed E-state index contributed by atoms with van der Waals surface area (Å²) in [5.41, 5.74) is 2.92. The number of amides is 1. The quantitative estimate of drug-likeness (QED) is 0.266. The number of nitrogens with zero attached hydrogens (tertiary/aromatic N) is 6. The zero-order valence-electron chi connectivity index (χ0n) is 19.0. The highest BCUT2D eigenvalue weighted by molar-refractivity contribution is 5.92. The summed E-state index contributed by atoms with van der Waals surface area (Å²) < 4.78 is 12.5.